The van der Waals surface area contributed by atoms with Crippen molar-refractivity contribution < 1.29 is 80.1 Å². The van der Waals surface area contributed by atoms with Crippen molar-refractivity contribution in [1.29, 1.82) is 0 Å². The summed E-state index contributed by atoms with van der Waals surface area (Å²) in [5, 5.41) is 0. The first-order valence-electron chi connectivity index (χ1n) is 15.1. The van der Waals surface area contributed by atoms with E-state index >= 15 is 0 Å². The van der Waals surface area contributed by atoms with Crippen molar-refractivity contribution >= 4 is 6.29 Å². The van der Waals surface area contributed by atoms with E-state index in [-0.39, 0.29) is 36.2 Å². The summed E-state index contributed by atoms with van der Waals surface area (Å²) in [5.74, 6) is -46.3. The molecule has 0 N–H and O–H groups in total. The standard InChI is InChI=1S/C32H37F15O3/c1-20(8-5-10-21(2)18-48)9-6-11-22(3)23(4)50-19-24-12-14-25(15-13-24)49-17-7-16-26(33,34)27(35,36)28(37,38)29(39,40)30(41,42)31(43,44)32(45,46)47/h5-6,8,11-15,18,20-23H,7,9-10,16-17,19H2,1-4H3/b8-5+,11-6+/t20-,21-,22-,23+/m1/s1. The quantitative estimate of drug-likeness (QED) is 0.0543. The smallest absolute Gasteiger partial charge is 0.460 e. The number of alkyl halides is 15. The zero-order valence-electron chi connectivity index (χ0n) is 27.1. The fraction of sp³-hybridized carbons (Fsp3) is 0.656. The minimum atomic E-state index is -8.30. The molecule has 0 spiro atoms. The number of hydrogen-bond acceptors (Lipinski definition) is 3. The van der Waals surface area contributed by atoms with Crippen LogP contribution < -0.4 is 4.74 Å². The molecule has 0 aliphatic heterocycles. The second kappa shape index (κ2) is 17.1. The van der Waals surface area contributed by atoms with Gasteiger partial charge in [-0.3, -0.25) is 0 Å². The first-order valence-corrected chi connectivity index (χ1v) is 15.1. The van der Waals surface area contributed by atoms with E-state index in [4.69, 9.17) is 9.47 Å². The fourth-order valence-electron chi connectivity index (χ4n) is 4.03. The topological polar surface area (TPSA) is 35.5 Å². The third-order valence-corrected chi connectivity index (χ3v) is 7.63. The van der Waals surface area contributed by atoms with Gasteiger partial charge in [0.15, 0.2) is 0 Å². The van der Waals surface area contributed by atoms with Gasteiger partial charge in [0.2, 0.25) is 0 Å². The Labute approximate surface area is 278 Å². The first kappa shape index (κ1) is 45.1. The third kappa shape index (κ3) is 10.3. The van der Waals surface area contributed by atoms with Crippen LogP contribution >= 0.6 is 0 Å². The molecular weight excluding hydrogens is 717 g/mol. The highest BCUT2D eigenvalue weighted by molar-refractivity contribution is 5.52. The number of carbonyl (C=O) groups is 1. The van der Waals surface area contributed by atoms with Crippen LogP contribution in [0.4, 0.5) is 65.9 Å². The molecule has 0 radical (unpaired) electrons. The molecule has 3 nitrogen and oxygen atoms in total. The zero-order chi connectivity index (χ0) is 39.0. The van der Waals surface area contributed by atoms with Crippen LogP contribution in [0, 0.1) is 17.8 Å². The lowest BCUT2D eigenvalue weighted by Crippen LogP contribution is -2.72. The Morgan fingerprint density at radius 2 is 1.12 bits per heavy atom. The van der Waals surface area contributed by atoms with Crippen molar-refractivity contribution in [3.8, 4) is 5.75 Å². The maximum absolute atomic E-state index is 14.0. The van der Waals surface area contributed by atoms with Crippen molar-refractivity contribution in [1.82, 2.24) is 0 Å². The molecule has 0 fully saturated rings. The van der Waals surface area contributed by atoms with E-state index in [1.165, 1.54) is 24.3 Å². The highest BCUT2D eigenvalue weighted by Gasteiger charge is 2.93. The van der Waals surface area contributed by atoms with E-state index in [9.17, 15) is 70.7 Å². The lowest BCUT2D eigenvalue weighted by molar-refractivity contribution is -0.452. The van der Waals surface area contributed by atoms with Gasteiger partial charge in [-0.05, 0) is 55.7 Å². The normalized spacial score (nSPS) is 16.9. The summed E-state index contributed by atoms with van der Waals surface area (Å²) in [5.41, 5.74) is 0.603. The van der Waals surface area contributed by atoms with Crippen molar-refractivity contribution in [2.75, 3.05) is 6.61 Å². The molecule has 0 saturated carbocycles. The highest BCUT2D eigenvalue weighted by Crippen LogP contribution is 2.62. The van der Waals surface area contributed by atoms with E-state index in [0.717, 1.165) is 12.7 Å². The summed E-state index contributed by atoms with van der Waals surface area (Å²) >= 11 is 0. The van der Waals surface area contributed by atoms with Gasteiger partial charge >= 0.3 is 41.7 Å². The number of aldehydes is 1. The molecule has 1 aromatic rings. The summed E-state index contributed by atoms with van der Waals surface area (Å²) in [4.78, 5) is 10.7. The molecule has 0 bridgehead atoms. The fourth-order valence-corrected chi connectivity index (χ4v) is 4.03. The number of halogens is 15. The lowest BCUT2D eigenvalue weighted by atomic mass is 9.90. The van der Waals surface area contributed by atoms with Gasteiger partial charge in [-0.25, -0.2) is 0 Å². The van der Waals surface area contributed by atoms with E-state index in [1.54, 1.807) is 0 Å². The van der Waals surface area contributed by atoms with Crippen molar-refractivity contribution in [3.63, 3.8) is 0 Å². The molecule has 4 atom stereocenters. The van der Waals surface area contributed by atoms with Crippen LogP contribution in [0.15, 0.2) is 48.6 Å². The maximum Gasteiger partial charge on any atom is 0.460 e. The van der Waals surface area contributed by atoms with Crippen LogP contribution in [-0.2, 0) is 16.1 Å². The van der Waals surface area contributed by atoms with E-state index in [2.05, 4.69) is 0 Å². The summed E-state index contributed by atoms with van der Waals surface area (Å²) in [6.45, 7) is 6.77. The number of hydrogen-bond donors (Lipinski definition) is 0. The number of benzene rings is 1. The largest absolute Gasteiger partial charge is 0.494 e. The Morgan fingerprint density at radius 1 is 0.640 bits per heavy atom. The van der Waals surface area contributed by atoms with Crippen LogP contribution in [0.3, 0.4) is 0 Å². The van der Waals surface area contributed by atoms with Gasteiger partial charge in [-0.15, -0.1) is 0 Å². The molecule has 0 aliphatic rings. The van der Waals surface area contributed by atoms with Crippen LogP contribution in [0.1, 0.15) is 58.9 Å². The molecule has 0 aliphatic carbocycles. The van der Waals surface area contributed by atoms with Crippen molar-refractivity contribution in [2.24, 2.45) is 17.8 Å². The third-order valence-electron chi connectivity index (χ3n) is 7.63. The molecule has 18 heteroatoms. The van der Waals surface area contributed by atoms with Crippen LogP contribution in [0.25, 0.3) is 0 Å². The van der Waals surface area contributed by atoms with E-state index < -0.39 is 61.2 Å². The predicted octanol–water partition coefficient (Wildman–Crippen LogP) is 11.1. The van der Waals surface area contributed by atoms with Gasteiger partial charge in [0, 0.05) is 12.3 Å². The van der Waals surface area contributed by atoms with Gasteiger partial charge in [0.25, 0.3) is 0 Å². The van der Waals surface area contributed by atoms with Gasteiger partial charge < -0.3 is 14.3 Å². The molecule has 1 aromatic carbocycles. The number of rotatable bonds is 21. The maximum atomic E-state index is 14.0. The Kier molecular flexibility index (Phi) is 15.4. The lowest BCUT2D eigenvalue weighted by Gasteiger charge is -2.41. The Hall–Kier alpha value is -2.92. The summed E-state index contributed by atoms with van der Waals surface area (Å²) in [7, 11) is 0. The minimum Gasteiger partial charge on any atom is -0.494 e. The molecule has 288 valence electrons. The second-order valence-corrected chi connectivity index (χ2v) is 12.0. The van der Waals surface area contributed by atoms with Crippen LogP contribution in [0.5, 0.6) is 5.75 Å². The van der Waals surface area contributed by atoms with Gasteiger partial charge in [-0.1, -0.05) is 57.2 Å². The predicted molar refractivity (Wildman–Crippen MR) is 152 cm³/mol. The molecular formula is C32H37F15O3. The average molecular weight is 755 g/mol. The van der Waals surface area contributed by atoms with Gasteiger partial charge in [-0.2, -0.15) is 65.9 Å². The van der Waals surface area contributed by atoms with Crippen molar-refractivity contribution in [3.05, 3.63) is 54.1 Å². The van der Waals surface area contributed by atoms with E-state index in [1.807, 2.05) is 52.0 Å². The molecule has 0 saturated heterocycles. The molecule has 0 aromatic heterocycles. The summed E-state index contributed by atoms with van der Waals surface area (Å²) in [6, 6.07) is 5.48. The summed E-state index contributed by atoms with van der Waals surface area (Å²) < 4.78 is 211. The number of allylic oxidation sites excluding steroid dienone is 3. The van der Waals surface area contributed by atoms with Crippen LogP contribution in [-0.4, -0.2) is 60.7 Å². The van der Waals surface area contributed by atoms with Gasteiger partial charge in [0.05, 0.1) is 19.3 Å². The molecule has 1 rings (SSSR count). The van der Waals surface area contributed by atoms with Crippen molar-refractivity contribution in [2.45, 2.75) is 108 Å². The van der Waals surface area contributed by atoms with E-state index in [0.29, 0.717) is 12.0 Å². The average Bonchev–Trinajstić information content (AvgIpc) is 3.01. The number of carbonyl (C=O) groups excluding carboxylic acids is 1. The SMILES string of the molecule is C[C@H](/C=C/C[C@@H](C)C=O)C/C=C/[C@@H](C)[C@H](C)OCc1ccc(OCCCC(F)(F)C(F)(F)C(F)(F)C(F)(F)C(F)(F)C(F)(F)C(F)(F)F)cc1. The highest BCUT2D eigenvalue weighted by atomic mass is 19.4. The Morgan fingerprint density at radius 3 is 1.64 bits per heavy atom. The Bertz CT molecular complexity index is 1260. The zero-order valence-corrected chi connectivity index (χ0v) is 27.1. The van der Waals surface area contributed by atoms with Gasteiger partial charge in [0.1, 0.15) is 12.0 Å². The molecule has 0 unspecified atom stereocenters. The monoisotopic (exact) mass is 754 g/mol. The minimum absolute atomic E-state index is 0.0119. The second-order valence-electron chi connectivity index (χ2n) is 12.0. The molecule has 0 amide bonds. The Balaban J connectivity index is 2.71. The molecule has 0 heterocycles. The number of ether oxygens (including phenoxy) is 2. The van der Waals surface area contributed by atoms with Crippen LogP contribution in [0.2, 0.25) is 0 Å². The summed E-state index contributed by atoms with van der Waals surface area (Å²) in [6.07, 6.45) is -1.35. The molecule has 50 heavy (non-hydrogen) atoms. The first-order chi connectivity index (χ1) is 22.6.